The van der Waals surface area contributed by atoms with Crippen molar-refractivity contribution in [3.8, 4) is 0 Å². The van der Waals surface area contributed by atoms with Gasteiger partial charge >= 0.3 is 0 Å². The van der Waals surface area contributed by atoms with Crippen LogP contribution in [0.1, 0.15) is 70.6 Å². The first-order chi connectivity index (χ1) is 8.14. The fraction of sp³-hybridized carbons (Fsp3) is 0.688. The second-order valence-electron chi connectivity index (χ2n) is 5.39. The van der Waals surface area contributed by atoms with Crippen molar-refractivity contribution in [2.75, 3.05) is 0 Å². The molecule has 0 saturated carbocycles. The molecule has 0 amide bonds. The van der Waals surface area contributed by atoms with Crippen molar-refractivity contribution in [2.45, 2.75) is 71.6 Å². The SMILES string of the molecule is CCCCCCC(C)(CC)c1ncccc1C. The summed E-state index contributed by atoms with van der Waals surface area (Å²) in [5, 5.41) is 0. The third-order valence-electron chi connectivity index (χ3n) is 3.94. The third-order valence-corrected chi connectivity index (χ3v) is 3.94. The highest BCUT2D eigenvalue weighted by molar-refractivity contribution is 5.25. The zero-order valence-corrected chi connectivity index (χ0v) is 11.9. The number of aromatic nitrogens is 1. The first kappa shape index (κ1) is 14.2. The minimum Gasteiger partial charge on any atom is -0.260 e. The second kappa shape index (κ2) is 6.78. The van der Waals surface area contributed by atoms with Crippen LogP contribution in [0.3, 0.4) is 0 Å². The predicted molar refractivity (Wildman–Crippen MR) is 75.4 cm³/mol. The standard InChI is InChI=1S/C16H27N/c1-5-7-8-9-12-16(4,6-2)15-14(3)11-10-13-17-15/h10-11,13H,5-9,12H2,1-4H3. The van der Waals surface area contributed by atoms with Crippen LogP contribution in [0.2, 0.25) is 0 Å². The van der Waals surface area contributed by atoms with Gasteiger partial charge in [-0.1, -0.05) is 52.5 Å². The first-order valence-electron chi connectivity index (χ1n) is 7.06. The highest BCUT2D eigenvalue weighted by Crippen LogP contribution is 2.33. The lowest BCUT2D eigenvalue weighted by Crippen LogP contribution is -2.23. The van der Waals surface area contributed by atoms with Gasteiger partial charge in [0.2, 0.25) is 0 Å². The highest BCUT2D eigenvalue weighted by atomic mass is 14.7. The van der Waals surface area contributed by atoms with Crippen LogP contribution in [0.25, 0.3) is 0 Å². The molecule has 96 valence electrons. The normalized spacial score (nSPS) is 14.6. The van der Waals surface area contributed by atoms with Crippen LogP contribution >= 0.6 is 0 Å². The van der Waals surface area contributed by atoms with E-state index in [0.29, 0.717) is 0 Å². The molecule has 1 rings (SSSR count). The van der Waals surface area contributed by atoms with Gasteiger partial charge in [0.25, 0.3) is 0 Å². The number of unbranched alkanes of at least 4 members (excludes halogenated alkanes) is 3. The summed E-state index contributed by atoms with van der Waals surface area (Å²) in [6.07, 6.45) is 9.74. The Hall–Kier alpha value is -0.850. The lowest BCUT2D eigenvalue weighted by Gasteiger charge is -2.29. The van der Waals surface area contributed by atoms with Crippen molar-refractivity contribution in [3.05, 3.63) is 29.6 Å². The smallest absolute Gasteiger partial charge is 0.0491 e. The molecule has 0 saturated heterocycles. The van der Waals surface area contributed by atoms with Gasteiger partial charge in [0.1, 0.15) is 0 Å². The predicted octanol–water partition coefficient (Wildman–Crippen LogP) is 5.03. The Morgan fingerprint density at radius 1 is 1.18 bits per heavy atom. The maximum Gasteiger partial charge on any atom is 0.0491 e. The molecule has 1 unspecified atom stereocenters. The molecule has 1 atom stereocenters. The van der Waals surface area contributed by atoms with E-state index in [4.69, 9.17) is 0 Å². The van der Waals surface area contributed by atoms with E-state index in [1.54, 1.807) is 0 Å². The molecular weight excluding hydrogens is 206 g/mol. The van der Waals surface area contributed by atoms with Gasteiger partial charge in [-0.2, -0.15) is 0 Å². The Morgan fingerprint density at radius 2 is 1.94 bits per heavy atom. The monoisotopic (exact) mass is 233 g/mol. The summed E-state index contributed by atoms with van der Waals surface area (Å²) in [4.78, 5) is 4.62. The molecule has 1 heterocycles. The van der Waals surface area contributed by atoms with Crippen molar-refractivity contribution in [1.82, 2.24) is 4.98 Å². The molecule has 1 heteroatoms. The van der Waals surface area contributed by atoms with Crippen LogP contribution in [0.5, 0.6) is 0 Å². The third kappa shape index (κ3) is 3.83. The quantitative estimate of drug-likeness (QED) is 0.602. The van der Waals surface area contributed by atoms with Crippen molar-refractivity contribution in [2.24, 2.45) is 0 Å². The molecule has 1 aromatic rings. The van der Waals surface area contributed by atoms with Crippen LogP contribution in [0, 0.1) is 6.92 Å². The molecule has 0 fully saturated rings. The Balaban J connectivity index is 2.71. The molecule has 0 radical (unpaired) electrons. The molecule has 1 aromatic heterocycles. The van der Waals surface area contributed by atoms with Crippen LogP contribution in [-0.4, -0.2) is 4.98 Å². The largest absolute Gasteiger partial charge is 0.260 e. The van der Waals surface area contributed by atoms with Crippen LogP contribution in [-0.2, 0) is 5.41 Å². The Bertz CT molecular complexity index is 332. The molecule has 0 aliphatic rings. The zero-order chi connectivity index (χ0) is 12.7. The van der Waals surface area contributed by atoms with Crippen molar-refractivity contribution in [3.63, 3.8) is 0 Å². The number of pyridine rings is 1. The van der Waals surface area contributed by atoms with Gasteiger partial charge in [0.15, 0.2) is 0 Å². The molecule has 1 nitrogen and oxygen atoms in total. The zero-order valence-electron chi connectivity index (χ0n) is 11.9. The van der Waals surface area contributed by atoms with E-state index in [0.717, 1.165) is 0 Å². The molecule has 0 bridgehead atoms. The van der Waals surface area contributed by atoms with Crippen molar-refractivity contribution in [1.29, 1.82) is 0 Å². The van der Waals surface area contributed by atoms with E-state index in [9.17, 15) is 0 Å². The van der Waals surface area contributed by atoms with E-state index in [1.165, 1.54) is 49.8 Å². The van der Waals surface area contributed by atoms with Gasteiger partial charge in [-0.25, -0.2) is 0 Å². The van der Waals surface area contributed by atoms with Gasteiger partial charge in [-0.3, -0.25) is 4.98 Å². The number of nitrogens with zero attached hydrogens (tertiary/aromatic N) is 1. The van der Waals surface area contributed by atoms with Crippen LogP contribution in [0.4, 0.5) is 0 Å². The van der Waals surface area contributed by atoms with Gasteiger partial charge in [-0.05, 0) is 31.4 Å². The van der Waals surface area contributed by atoms with E-state index >= 15 is 0 Å². The van der Waals surface area contributed by atoms with E-state index in [-0.39, 0.29) is 5.41 Å². The summed E-state index contributed by atoms with van der Waals surface area (Å²) < 4.78 is 0. The van der Waals surface area contributed by atoms with Gasteiger partial charge in [0, 0.05) is 17.3 Å². The van der Waals surface area contributed by atoms with Gasteiger partial charge < -0.3 is 0 Å². The minimum atomic E-state index is 0.263. The summed E-state index contributed by atoms with van der Waals surface area (Å²) in [5.74, 6) is 0. The maximum atomic E-state index is 4.62. The number of rotatable bonds is 7. The lowest BCUT2D eigenvalue weighted by atomic mass is 9.77. The number of hydrogen-bond acceptors (Lipinski definition) is 1. The topological polar surface area (TPSA) is 12.9 Å². The number of aryl methyl sites for hydroxylation is 1. The van der Waals surface area contributed by atoms with E-state index < -0.39 is 0 Å². The molecule has 17 heavy (non-hydrogen) atoms. The minimum absolute atomic E-state index is 0.263. The summed E-state index contributed by atoms with van der Waals surface area (Å²) >= 11 is 0. The molecule has 0 N–H and O–H groups in total. The van der Waals surface area contributed by atoms with Crippen molar-refractivity contribution < 1.29 is 0 Å². The fourth-order valence-electron chi connectivity index (χ4n) is 2.52. The molecule has 0 aromatic carbocycles. The van der Waals surface area contributed by atoms with Crippen molar-refractivity contribution >= 4 is 0 Å². The summed E-state index contributed by atoms with van der Waals surface area (Å²) in [6, 6.07) is 4.22. The maximum absolute atomic E-state index is 4.62. The molecule has 0 aliphatic heterocycles. The van der Waals surface area contributed by atoms with Gasteiger partial charge in [0.05, 0.1) is 0 Å². The van der Waals surface area contributed by atoms with E-state index in [1.807, 2.05) is 12.3 Å². The van der Waals surface area contributed by atoms with Gasteiger partial charge in [-0.15, -0.1) is 0 Å². The Morgan fingerprint density at radius 3 is 2.53 bits per heavy atom. The molecule has 0 aliphatic carbocycles. The first-order valence-corrected chi connectivity index (χ1v) is 7.06. The highest BCUT2D eigenvalue weighted by Gasteiger charge is 2.26. The second-order valence-corrected chi connectivity index (χ2v) is 5.39. The summed E-state index contributed by atoms with van der Waals surface area (Å²) in [6.45, 7) is 9.10. The summed E-state index contributed by atoms with van der Waals surface area (Å²) in [5.41, 5.74) is 2.91. The molecule has 0 spiro atoms. The average Bonchev–Trinajstić information content (AvgIpc) is 2.35. The van der Waals surface area contributed by atoms with E-state index in [2.05, 4.69) is 38.7 Å². The van der Waals surface area contributed by atoms with Crippen LogP contribution in [0.15, 0.2) is 18.3 Å². The molecular formula is C16H27N. The number of hydrogen-bond donors (Lipinski definition) is 0. The average molecular weight is 233 g/mol. The Kier molecular flexibility index (Phi) is 5.67. The Labute approximate surface area is 107 Å². The van der Waals surface area contributed by atoms with Crippen LogP contribution < -0.4 is 0 Å². The fourth-order valence-corrected chi connectivity index (χ4v) is 2.52. The lowest BCUT2D eigenvalue weighted by molar-refractivity contribution is 0.384. The summed E-state index contributed by atoms with van der Waals surface area (Å²) in [7, 11) is 0.